The molecule has 0 atom stereocenters. The summed E-state index contributed by atoms with van der Waals surface area (Å²) in [5.74, 6) is 0. The Morgan fingerprint density at radius 3 is 2.56 bits per heavy atom. The number of hydrogen-bond donors (Lipinski definition) is 0. The van der Waals surface area contributed by atoms with Crippen LogP contribution in [0.1, 0.15) is 0 Å². The van der Waals surface area contributed by atoms with E-state index in [9.17, 15) is 0 Å². The minimum atomic E-state index is 0.404. The van der Waals surface area contributed by atoms with Gasteiger partial charge in [0.25, 0.3) is 0 Å². The number of rotatable bonds is 1. The minimum absolute atomic E-state index is 0.404. The third-order valence-corrected chi connectivity index (χ3v) is 6.49. The fraction of sp³-hybridized carbons (Fsp3) is 0. The normalized spacial score (nSPS) is 10.8. The first kappa shape index (κ1) is 10.4. The van der Waals surface area contributed by atoms with Crippen molar-refractivity contribution in [1.82, 2.24) is 0 Å². The van der Waals surface area contributed by atoms with Crippen LogP contribution in [-0.2, 0) is 0 Å². The van der Waals surface area contributed by atoms with E-state index in [4.69, 9.17) is 12.2 Å². The van der Waals surface area contributed by atoms with Gasteiger partial charge in [0.15, 0.2) is 0 Å². The van der Waals surface area contributed by atoms with Crippen molar-refractivity contribution in [2.45, 2.75) is 0 Å². The molecule has 0 aliphatic rings. The van der Waals surface area contributed by atoms with Crippen LogP contribution in [-0.4, -0.2) is 14.5 Å². The Hall–Kier alpha value is -0.731. The summed E-state index contributed by atoms with van der Waals surface area (Å²) in [7, 11) is 0. The zero-order chi connectivity index (χ0) is 11.0. The fourth-order valence-electron chi connectivity index (χ4n) is 1.71. The molecule has 0 fully saturated rings. The Morgan fingerprint density at radius 1 is 1.00 bits per heavy atom. The summed E-state index contributed by atoms with van der Waals surface area (Å²) in [6, 6.07) is 15.1. The van der Waals surface area contributed by atoms with Crippen LogP contribution in [0.5, 0.6) is 0 Å². The van der Waals surface area contributed by atoms with E-state index in [1.165, 1.54) is 21.2 Å². The van der Waals surface area contributed by atoms with Gasteiger partial charge in [0.1, 0.15) is 0 Å². The molecule has 3 aromatic rings. The van der Waals surface area contributed by atoms with E-state index >= 15 is 0 Å². The van der Waals surface area contributed by atoms with Gasteiger partial charge in [0, 0.05) is 0 Å². The van der Waals surface area contributed by atoms with Crippen molar-refractivity contribution < 1.29 is 0 Å². The van der Waals surface area contributed by atoms with E-state index in [0.717, 1.165) is 2.70 Å². The quantitative estimate of drug-likeness (QED) is 0.475. The second kappa shape index (κ2) is 4.27. The molecule has 3 heteroatoms. The van der Waals surface area contributed by atoms with Crippen molar-refractivity contribution >= 4 is 48.8 Å². The average Bonchev–Trinajstić information content (AvgIpc) is 2.75. The predicted octanol–water partition coefficient (Wildman–Crippen LogP) is 4.35. The monoisotopic (exact) mass is 308 g/mol. The molecule has 0 unspecified atom stereocenters. The van der Waals surface area contributed by atoms with Gasteiger partial charge >= 0.3 is 109 Å². The molecule has 16 heavy (non-hydrogen) atoms. The summed E-state index contributed by atoms with van der Waals surface area (Å²) >= 11 is 7.38. The molecule has 78 valence electrons. The molecule has 2 aromatic carbocycles. The molecule has 1 heterocycles. The van der Waals surface area contributed by atoms with Crippen LogP contribution in [0.3, 0.4) is 0 Å². The van der Waals surface area contributed by atoms with Crippen LogP contribution in [0.15, 0.2) is 47.4 Å². The third kappa shape index (κ3) is 1.92. The van der Waals surface area contributed by atoms with Crippen LogP contribution in [0, 0.1) is 2.70 Å². The van der Waals surface area contributed by atoms with Gasteiger partial charge < -0.3 is 0 Å². The topological polar surface area (TPSA) is 0 Å². The summed E-state index contributed by atoms with van der Waals surface area (Å²) in [4.78, 5) is 3.61. The van der Waals surface area contributed by atoms with E-state index in [-0.39, 0.29) is 0 Å². The number of fused-ring (bicyclic) bond motifs is 1. The summed E-state index contributed by atoms with van der Waals surface area (Å²) in [6.45, 7) is 0. The van der Waals surface area contributed by atoms with Gasteiger partial charge in [-0.05, 0) is 0 Å². The van der Waals surface area contributed by atoms with Crippen molar-refractivity contribution in [2.75, 3.05) is 0 Å². The predicted molar refractivity (Wildman–Crippen MR) is 75.0 cm³/mol. The van der Waals surface area contributed by atoms with E-state index in [2.05, 4.69) is 47.4 Å². The van der Waals surface area contributed by atoms with Gasteiger partial charge in [0.2, 0.25) is 0 Å². The summed E-state index contributed by atoms with van der Waals surface area (Å²) in [5.41, 5.74) is 1.30. The number of hydrogen-bond acceptors (Lipinski definition) is 2. The summed E-state index contributed by atoms with van der Waals surface area (Å²) in [6.07, 6.45) is 0. The molecule has 0 amide bonds. The zero-order valence-electron chi connectivity index (χ0n) is 8.34. The molecule has 0 saturated heterocycles. The maximum atomic E-state index is 5.23. The Balaban J connectivity index is 2.22. The second-order valence-electron chi connectivity index (χ2n) is 3.51. The van der Waals surface area contributed by atoms with Gasteiger partial charge in [-0.1, -0.05) is 0 Å². The van der Waals surface area contributed by atoms with Gasteiger partial charge in [-0.3, -0.25) is 0 Å². The molecule has 0 nitrogen and oxygen atoms in total. The Bertz CT molecular complexity index is 694. The van der Waals surface area contributed by atoms with Crippen molar-refractivity contribution in [3.05, 3.63) is 50.1 Å². The van der Waals surface area contributed by atoms with Gasteiger partial charge in [-0.25, -0.2) is 0 Å². The van der Waals surface area contributed by atoms with Crippen LogP contribution in [0.25, 0.3) is 21.2 Å². The van der Waals surface area contributed by atoms with E-state index < -0.39 is 0 Å². The van der Waals surface area contributed by atoms with Gasteiger partial charge in [-0.2, -0.15) is 0 Å². The molecule has 0 bridgehead atoms. The maximum absolute atomic E-state index is 5.23. The fourth-order valence-corrected chi connectivity index (χ4v) is 5.13. The molecule has 1 aromatic heterocycles. The Labute approximate surface area is 109 Å². The molecule has 0 radical (unpaired) electrons. The molecule has 0 aliphatic heterocycles. The van der Waals surface area contributed by atoms with Crippen LogP contribution in [0.4, 0.5) is 0 Å². The van der Waals surface area contributed by atoms with E-state index in [1.54, 1.807) is 11.3 Å². The van der Waals surface area contributed by atoms with E-state index in [1.807, 2.05) is 0 Å². The van der Waals surface area contributed by atoms with Crippen LogP contribution < -0.4 is 0 Å². The molecule has 0 saturated carbocycles. The van der Waals surface area contributed by atoms with Crippen molar-refractivity contribution in [3.63, 3.8) is 0 Å². The van der Waals surface area contributed by atoms with Gasteiger partial charge in [-0.15, -0.1) is 0 Å². The average molecular weight is 307 g/mol. The molecule has 0 spiro atoms. The molecule has 3 rings (SSSR count). The van der Waals surface area contributed by atoms with Crippen LogP contribution >= 0.6 is 23.6 Å². The van der Waals surface area contributed by atoms with E-state index in [0.29, 0.717) is 14.5 Å². The SMILES string of the molecule is S=c1sc(-c2ccc3ccccc3c2)c[se]1. The second-order valence-corrected chi connectivity index (χ2v) is 8.25. The molecular formula is C13H8S2Se. The van der Waals surface area contributed by atoms with Crippen molar-refractivity contribution in [2.24, 2.45) is 0 Å². The third-order valence-electron chi connectivity index (χ3n) is 2.49. The molecule has 0 N–H and O–H groups in total. The first-order valence-corrected chi connectivity index (χ1v) is 7.98. The first-order chi connectivity index (χ1) is 7.83. The molecular weight excluding hydrogens is 299 g/mol. The Morgan fingerprint density at radius 2 is 1.81 bits per heavy atom. The Kier molecular flexibility index (Phi) is 2.78. The summed E-state index contributed by atoms with van der Waals surface area (Å²) in [5, 5.41) is 2.59. The molecule has 0 aliphatic carbocycles. The van der Waals surface area contributed by atoms with Gasteiger partial charge in [0.05, 0.1) is 0 Å². The first-order valence-electron chi connectivity index (χ1n) is 4.91. The standard InChI is InChI=1S/C13H8S2Se/c14-13-15-12(8-16-13)11-6-5-9-3-1-2-4-10(9)7-11/h1-8H. The van der Waals surface area contributed by atoms with Crippen LogP contribution in [0.2, 0.25) is 0 Å². The number of benzene rings is 2. The summed E-state index contributed by atoms with van der Waals surface area (Å²) < 4.78 is 1.13. The van der Waals surface area contributed by atoms with Crippen molar-refractivity contribution in [3.8, 4) is 10.4 Å². The van der Waals surface area contributed by atoms with Crippen molar-refractivity contribution in [1.29, 1.82) is 0 Å². The zero-order valence-corrected chi connectivity index (χ0v) is 11.7.